The highest BCUT2D eigenvalue weighted by atomic mass is 14.9. The van der Waals surface area contributed by atoms with E-state index in [1.165, 1.54) is 51.9 Å². The van der Waals surface area contributed by atoms with E-state index in [0.29, 0.717) is 0 Å². The van der Waals surface area contributed by atoms with Gasteiger partial charge in [-0.2, -0.15) is 0 Å². The zero-order valence-electron chi connectivity index (χ0n) is 11.1. The van der Waals surface area contributed by atoms with Crippen molar-refractivity contribution < 1.29 is 0 Å². The molecule has 0 bridgehead atoms. The van der Waals surface area contributed by atoms with E-state index >= 15 is 0 Å². The fraction of sp³-hybridized carbons (Fsp3) is 0.625. The lowest BCUT2D eigenvalue weighted by Gasteiger charge is -2.26. The number of benzene rings is 1. The third-order valence-corrected chi connectivity index (χ3v) is 4.53. The van der Waals surface area contributed by atoms with E-state index in [1.54, 1.807) is 11.1 Å². The van der Waals surface area contributed by atoms with Crippen molar-refractivity contribution in [2.24, 2.45) is 0 Å². The third-order valence-electron chi connectivity index (χ3n) is 4.53. The van der Waals surface area contributed by atoms with Gasteiger partial charge in [0.1, 0.15) is 0 Å². The van der Waals surface area contributed by atoms with Crippen LogP contribution in [0.1, 0.15) is 48.6 Å². The minimum absolute atomic E-state index is 0.785. The van der Waals surface area contributed by atoms with Crippen molar-refractivity contribution >= 4 is 0 Å². The minimum Gasteiger partial charge on any atom is -0.317 e. The highest BCUT2D eigenvalue weighted by Gasteiger charge is 2.18. The molecule has 98 valence electrons. The smallest absolute Gasteiger partial charge is 0.00431 e. The summed E-state index contributed by atoms with van der Waals surface area (Å²) in [6, 6.07) is 9.43. The van der Waals surface area contributed by atoms with Gasteiger partial charge in [-0.15, -0.1) is 0 Å². The van der Waals surface area contributed by atoms with E-state index < -0.39 is 0 Å². The first-order valence-electron chi connectivity index (χ1n) is 7.45. The summed E-state index contributed by atoms with van der Waals surface area (Å²) in [5, 5.41) is 6.91. The van der Waals surface area contributed by atoms with Gasteiger partial charge in [-0.05, 0) is 74.8 Å². The molecule has 0 radical (unpaired) electrons. The average molecular weight is 244 g/mol. The molecule has 0 amide bonds. The Bertz CT molecular complexity index is 343. The average Bonchev–Trinajstić information content (AvgIpc) is 2.49. The topological polar surface area (TPSA) is 24.1 Å². The molecule has 2 heteroatoms. The predicted molar refractivity (Wildman–Crippen MR) is 76.1 cm³/mol. The van der Waals surface area contributed by atoms with Gasteiger partial charge in [-0.1, -0.05) is 24.3 Å². The van der Waals surface area contributed by atoms with Crippen molar-refractivity contribution in [1.29, 1.82) is 0 Å². The molecule has 2 N–H and O–H groups in total. The van der Waals surface area contributed by atoms with Crippen molar-refractivity contribution in [3.8, 4) is 0 Å². The summed E-state index contributed by atoms with van der Waals surface area (Å²) >= 11 is 0. The molecule has 2 aliphatic heterocycles. The van der Waals surface area contributed by atoms with Gasteiger partial charge in [-0.3, -0.25) is 0 Å². The SMILES string of the molecule is c1cc(C2CCNCC2)cc(C2CCNCC2)c1. The Labute approximate surface area is 110 Å². The van der Waals surface area contributed by atoms with Gasteiger partial charge in [0.05, 0.1) is 0 Å². The van der Waals surface area contributed by atoms with E-state index in [9.17, 15) is 0 Å². The van der Waals surface area contributed by atoms with Crippen LogP contribution in [0.5, 0.6) is 0 Å². The van der Waals surface area contributed by atoms with Crippen LogP contribution < -0.4 is 10.6 Å². The number of piperidine rings is 2. The van der Waals surface area contributed by atoms with Crippen molar-refractivity contribution in [1.82, 2.24) is 10.6 Å². The molecule has 0 aromatic heterocycles. The second-order valence-corrected chi connectivity index (χ2v) is 5.72. The molecule has 2 aliphatic rings. The fourth-order valence-electron chi connectivity index (χ4n) is 3.38. The fourth-order valence-corrected chi connectivity index (χ4v) is 3.38. The maximum Gasteiger partial charge on any atom is -0.00431 e. The molecule has 1 aromatic carbocycles. The van der Waals surface area contributed by atoms with Gasteiger partial charge in [0.25, 0.3) is 0 Å². The quantitative estimate of drug-likeness (QED) is 0.835. The van der Waals surface area contributed by atoms with Crippen LogP contribution in [0.25, 0.3) is 0 Å². The second kappa shape index (κ2) is 5.85. The maximum absolute atomic E-state index is 3.45. The summed E-state index contributed by atoms with van der Waals surface area (Å²) in [7, 11) is 0. The molecule has 1 aromatic rings. The summed E-state index contributed by atoms with van der Waals surface area (Å²) in [6.07, 6.45) is 5.21. The van der Waals surface area contributed by atoms with Gasteiger partial charge in [-0.25, -0.2) is 0 Å². The molecule has 0 spiro atoms. The number of hydrogen-bond acceptors (Lipinski definition) is 2. The van der Waals surface area contributed by atoms with Crippen LogP contribution in [0, 0.1) is 0 Å². The highest BCUT2D eigenvalue weighted by Crippen LogP contribution is 2.30. The zero-order chi connectivity index (χ0) is 12.2. The predicted octanol–water partition coefficient (Wildman–Crippen LogP) is 2.62. The van der Waals surface area contributed by atoms with Crippen molar-refractivity contribution in [2.75, 3.05) is 26.2 Å². The Morgan fingerprint density at radius 2 is 1.17 bits per heavy atom. The molecule has 2 nitrogen and oxygen atoms in total. The molecule has 0 unspecified atom stereocenters. The number of nitrogens with one attached hydrogen (secondary N) is 2. The van der Waals surface area contributed by atoms with Crippen LogP contribution in [-0.2, 0) is 0 Å². The highest BCUT2D eigenvalue weighted by molar-refractivity contribution is 5.29. The van der Waals surface area contributed by atoms with Crippen molar-refractivity contribution in [3.05, 3.63) is 35.4 Å². The maximum atomic E-state index is 3.45. The minimum atomic E-state index is 0.785. The Hall–Kier alpha value is -0.860. The van der Waals surface area contributed by atoms with E-state index in [2.05, 4.69) is 34.9 Å². The molecule has 2 saturated heterocycles. The summed E-state index contributed by atoms with van der Waals surface area (Å²) in [4.78, 5) is 0. The van der Waals surface area contributed by atoms with Crippen LogP contribution in [0.3, 0.4) is 0 Å². The van der Waals surface area contributed by atoms with Crippen LogP contribution in [-0.4, -0.2) is 26.2 Å². The van der Waals surface area contributed by atoms with E-state index in [-0.39, 0.29) is 0 Å². The third kappa shape index (κ3) is 2.76. The summed E-state index contributed by atoms with van der Waals surface area (Å²) in [5.74, 6) is 1.57. The summed E-state index contributed by atoms with van der Waals surface area (Å²) < 4.78 is 0. The molecule has 0 atom stereocenters. The van der Waals surface area contributed by atoms with Gasteiger partial charge in [0.2, 0.25) is 0 Å². The molecule has 3 rings (SSSR count). The second-order valence-electron chi connectivity index (χ2n) is 5.72. The molecule has 2 fully saturated rings. The van der Waals surface area contributed by atoms with E-state index in [4.69, 9.17) is 0 Å². The van der Waals surface area contributed by atoms with Gasteiger partial charge >= 0.3 is 0 Å². The van der Waals surface area contributed by atoms with E-state index in [1.807, 2.05) is 0 Å². The first kappa shape index (κ1) is 12.2. The van der Waals surface area contributed by atoms with Gasteiger partial charge < -0.3 is 10.6 Å². The van der Waals surface area contributed by atoms with Crippen LogP contribution in [0.15, 0.2) is 24.3 Å². The van der Waals surface area contributed by atoms with Crippen molar-refractivity contribution in [2.45, 2.75) is 37.5 Å². The Morgan fingerprint density at radius 1 is 0.722 bits per heavy atom. The lowest BCUT2D eigenvalue weighted by molar-refractivity contribution is 0.452. The molecule has 2 heterocycles. The largest absolute Gasteiger partial charge is 0.317 e. The Kier molecular flexibility index (Phi) is 3.96. The van der Waals surface area contributed by atoms with Crippen LogP contribution in [0.2, 0.25) is 0 Å². The molecular formula is C16H24N2. The Balaban J connectivity index is 1.75. The zero-order valence-corrected chi connectivity index (χ0v) is 11.1. The van der Waals surface area contributed by atoms with Crippen LogP contribution in [0.4, 0.5) is 0 Å². The molecule has 18 heavy (non-hydrogen) atoms. The lowest BCUT2D eigenvalue weighted by Crippen LogP contribution is -2.27. The van der Waals surface area contributed by atoms with Crippen LogP contribution >= 0.6 is 0 Å². The van der Waals surface area contributed by atoms with E-state index in [0.717, 1.165) is 11.8 Å². The first-order valence-corrected chi connectivity index (χ1v) is 7.45. The standard InChI is InChI=1S/C16H24N2/c1-2-15(13-4-8-17-9-5-13)12-16(3-1)14-6-10-18-11-7-14/h1-3,12-14,17-18H,4-11H2. The number of rotatable bonds is 2. The molecular weight excluding hydrogens is 220 g/mol. The molecule has 0 saturated carbocycles. The van der Waals surface area contributed by atoms with Crippen molar-refractivity contribution in [3.63, 3.8) is 0 Å². The number of hydrogen-bond donors (Lipinski definition) is 2. The first-order chi connectivity index (χ1) is 8.93. The van der Waals surface area contributed by atoms with Gasteiger partial charge in [0.15, 0.2) is 0 Å². The summed E-state index contributed by atoms with van der Waals surface area (Å²) in [5.41, 5.74) is 3.15. The normalized spacial score (nSPS) is 23.1. The monoisotopic (exact) mass is 244 g/mol. The van der Waals surface area contributed by atoms with Gasteiger partial charge in [0, 0.05) is 0 Å². The lowest BCUT2D eigenvalue weighted by atomic mass is 9.85. The molecule has 0 aliphatic carbocycles. The Morgan fingerprint density at radius 3 is 1.61 bits per heavy atom. The summed E-state index contributed by atoms with van der Waals surface area (Å²) in [6.45, 7) is 4.73.